The number of esters is 1. The first kappa shape index (κ1) is 15.4. The van der Waals surface area contributed by atoms with Crippen LogP contribution >= 0.6 is 0 Å². The van der Waals surface area contributed by atoms with E-state index >= 15 is 0 Å². The average molecular weight is 290 g/mol. The van der Waals surface area contributed by atoms with Crippen LogP contribution in [0.25, 0.3) is 10.9 Å². The molecule has 1 N–H and O–H groups in total. The number of aromatic amines is 1. The molecule has 1 atom stereocenters. The fourth-order valence-electron chi connectivity index (χ4n) is 2.18. The van der Waals surface area contributed by atoms with E-state index in [1.54, 1.807) is 6.92 Å². The van der Waals surface area contributed by atoms with Crippen molar-refractivity contribution in [2.24, 2.45) is 0 Å². The summed E-state index contributed by atoms with van der Waals surface area (Å²) in [5.41, 5.74) is 2.26. The standard InChI is InChI=1S/C16H22N2O3/c1-5-20-16(19)10-21-12-6-7-15-13(8-12)14(9-17-15)11(2)18(3)4/h6-9,11,17H,5,10H2,1-4H3. The van der Waals surface area contributed by atoms with E-state index in [1.165, 1.54) is 5.56 Å². The smallest absolute Gasteiger partial charge is 0.344 e. The van der Waals surface area contributed by atoms with E-state index in [0.29, 0.717) is 18.4 Å². The lowest BCUT2D eigenvalue weighted by Gasteiger charge is -2.19. The molecule has 1 unspecified atom stereocenters. The number of nitrogens with zero attached hydrogens (tertiary/aromatic N) is 1. The van der Waals surface area contributed by atoms with Crippen LogP contribution in [0, 0.1) is 0 Å². The van der Waals surface area contributed by atoms with Gasteiger partial charge in [0.1, 0.15) is 5.75 Å². The van der Waals surface area contributed by atoms with Gasteiger partial charge in [-0.25, -0.2) is 4.79 Å². The van der Waals surface area contributed by atoms with E-state index in [-0.39, 0.29) is 12.6 Å². The molecule has 5 heteroatoms. The highest BCUT2D eigenvalue weighted by Gasteiger charge is 2.14. The van der Waals surface area contributed by atoms with Gasteiger partial charge in [0.05, 0.1) is 6.61 Å². The van der Waals surface area contributed by atoms with Crippen LogP contribution < -0.4 is 4.74 Å². The molecule has 2 rings (SSSR count). The number of carbonyl (C=O) groups is 1. The average Bonchev–Trinajstić information content (AvgIpc) is 2.87. The van der Waals surface area contributed by atoms with Crippen molar-refractivity contribution in [1.29, 1.82) is 0 Å². The summed E-state index contributed by atoms with van der Waals surface area (Å²) in [6, 6.07) is 6.06. The topological polar surface area (TPSA) is 54.6 Å². The normalized spacial score (nSPS) is 12.6. The summed E-state index contributed by atoms with van der Waals surface area (Å²) in [5, 5.41) is 1.11. The van der Waals surface area contributed by atoms with Crippen molar-refractivity contribution in [3.8, 4) is 5.75 Å². The first-order valence-corrected chi connectivity index (χ1v) is 7.08. The zero-order valence-electron chi connectivity index (χ0n) is 13.0. The van der Waals surface area contributed by atoms with Gasteiger partial charge in [-0.05, 0) is 51.7 Å². The molecule has 0 fully saturated rings. The molecule has 0 bridgehead atoms. The van der Waals surface area contributed by atoms with E-state index < -0.39 is 0 Å². The van der Waals surface area contributed by atoms with Crippen molar-refractivity contribution >= 4 is 16.9 Å². The monoisotopic (exact) mass is 290 g/mol. The van der Waals surface area contributed by atoms with Crippen molar-refractivity contribution in [2.75, 3.05) is 27.3 Å². The van der Waals surface area contributed by atoms with Crippen LogP contribution in [0.5, 0.6) is 5.75 Å². The molecule has 1 heterocycles. The Balaban J connectivity index is 2.20. The third kappa shape index (κ3) is 3.55. The van der Waals surface area contributed by atoms with Crippen molar-refractivity contribution in [3.63, 3.8) is 0 Å². The van der Waals surface area contributed by atoms with Gasteiger partial charge in [0, 0.05) is 23.1 Å². The van der Waals surface area contributed by atoms with Gasteiger partial charge in [0.2, 0.25) is 0 Å². The lowest BCUT2D eigenvalue weighted by Crippen LogP contribution is -2.16. The van der Waals surface area contributed by atoms with E-state index in [9.17, 15) is 4.79 Å². The second-order valence-electron chi connectivity index (χ2n) is 5.18. The molecular formula is C16H22N2O3. The summed E-state index contributed by atoms with van der Waals surface area (Å²) in [7, 11) is 4.09. The van der Waals surface area contributed by atoms with Gasteiger partial charge in [-0.15, -0.1) is 0 Å². The lowest BCUT2D eigenvalue weighted by molar-refractivity contribution is -0.145. The quantitative estimate of drug-likeness (QED) is 0.831. The Kier molecular flexibility index (Phi) is 4.85. The molecule has 2 aromatic rings. The van der Waals surface area contributed by atoms with E-state index in [1.807, 2.05) is 38.5 Å². The zero-order chi connectivity index (χ0) is 15.4. The Morgan fingerprint density at radius 3 is 2.81 bits per heavy atom. The first-order chi connectivity index (χ1) is 10.0. The summed E-state index contributed by atoms with van der Waals surface area (Å²) >= 11 is 0. The van der Waals surface area contributed by atoms with Crippen LogP contribution in [0.15, 0.2) is 24.4 Å². The summed E-state index contributed by atoms with van der Waals surface area (Å²) < 4.78 is 10.3. The second-order valence-corrected chi connectivity index (χ2v) is 5.18. The Hall–Kier alpha value is -2.01. The molecule has 5 nitrogen and oxygen atoms in total. The van der Waals surface area contributed by atoms with Crippen LogP contribution in [-0.2, 0) is 9.53 Å². The predicted octanol–water partition coefficient (Wildman–Crippen LogP) is 2.73. The molecule has 0 aliphatic heterocycles. The SMILES string of the molecule is CCOC(=O)COc1ccc2[nH]cc(C(C)N(C)C)c2c1. The molecule has 0 aliphatic rings. The number of rotatable bonds is 6. The number of ether oxygens (including phenoxy) is 2. The fourth-order valence-corrected chi connectivity index (χ4v) is 2.18. The predicted molar refractivity (Wildman–Crippen MR) is 82.5 cm³/mol. The van der Waals surface area contributed by atoms with Crippen LogP contribution in [0.2, 0.25) is 0 Å². The van der Waals surface area contributed by atoms with Gasteiger partial charge in [0.15, 0.2) is 6.61 Å². The third-order valence-electron chi connectivity index (χ3n) is 3.57. The molecule has 1 aromatic heterocycles. The number of hydrogen-bond acceptors (Lipinski definition) is 4. The molecule has 1 aromatic carbocycles. The molecule has 0 saturated heterocycles. The number of aromatic nitrogens is 1. The number of fused-ring (bicyclic) bond motifs is 1. The summed E-state index contributed by atoms with van der Waals surface area (Å²) in [4.78, 5) is 16.7. The minimum atomic E-state index is -0.353. The maximum Gasteiger partial charge on any atom is 0.344 e. The number of hydrogen-bond donors (Lipinski definition) is 1. The van der Waals surface area contributed by atoms with Crippen molar-refractivity contribution < 1.29 is 14.3 Å². The van der Waals surface area contributed by atoms with Crippen molar-refractivity contribution in [2.45, 2.75) is 19.9 Å². The maximum absolute atomic E-state index is 11.3. The van der Waals surface area contributed by atoms with Gasteiger partial charge in [-0.2, -0.15) is 0 Å². The van der Waals surface area contributed by atoms with Gasteiger partial charge >= 0.3 is 5.97 Å². The zero-order valence-corrected chi connectivity index (χ0v) is 13.0. The summed E-state index contributed by atoms with van der Waals surface area (Å²) in [6.07, 6.45) is 2.02. The first-order valence-electron chi connectivity index (χ1n) is 7.08. The number of H-pyrrole nitrogens is 1. The van der Waals surface area contributed by atoms with Crippen LogP contribution in [0.1, 0.15) is 25.5 Å². The highest BCUT2D eigenvalue weighted by Crippen LogP contribution is 2.29. The third-order valence-corrected chi connectivity index (χ3v) is 3.57. The molecule has 0 aliphatic carbocycles. The van der Waals surface area contributed by atoms with E-state index in [4.69, 9.17) is 9.47 Å². The van der Waals surface area contributed by atoms with Crippen molar-refractivity contribution in [3.05, 3.63) is 30.0 Å². The minimum Gasteiger partial charge on any atom is -0.482 e. The van der Waals surface area contributed by atoms with E-state index in [0.717, 1.165) is 10.9 Å². The number of nitrogens with one attached hydrogen (secondary N) is 1. The summed E-state index contributed by atoms with van der Waals surface area (Å²) in [5.74, 6) is 0.316. The molecule has 0 spiro atoms. The fraction of sp³-hybridized carbons (Fsp3) is 0.438. The molecule has 114 valence electrons. The van der Waals surface area contributed by atoms with E-state index in [2.05, 4.69) is 16.8 Å². The van der Waals surface area contributed by atoms with Crippen LogP contribution in [-0.4, -0.2) is 43.2 Å². The lowest BCUT2D eigenvalue weighted by atomic mass is 10.1. The maximum atomic E-state index is 11.3. The van der Waals surface area contributed by atoms with Crippen LogP contribution in [0.4, 0.5) is 0 Å². The molecule has 0 saturated carbocycles. The number of carbonyl (C=O) groups excluding carboxylic acids is 1. The Labute approximate surface area is 124 Å². The molecule has 0 radical (unpaired) electrons. The molecule has 0 amide bonds. The Morgan fingerprint density at radius 1 is 1.38 bits per heavy atom. The van der Waals surface area contributed by atoms with Crippen LogP contribution in [0.3, 0.4) is 0 Å². The minimum absolute atomic E-state index is 0.0671. The molecular weight excluding hydrogens is 268 g/mol. The highest BCUT2D eigenvalue weighted by molar-refractivity contribution is 5.85. The largest absolute Gasteiger partial charge is 0.482 e. The Bertz CT molecular complexity index is 619. The van der Waals surface area contributed by atoms with Gasteiger partial charge in [-0.3, -0.25) is 0 Å². The summed E-state index contributed by atoms with van der Waals surface area (Å²) in [6.45, 7) is 4.22. The second kappa shape index (κ2) is 6.63. The highest BCUT2D eigenvalue weighted by atomic mass is 16.6. The van der Waals surface area contributed by atoms with Crippen molar-refractivity contribution in [1.82, 2.24) is 9.88 Å². The van der Waals surface area contributed by atoms with Gasteiger partial charge < -0.3 is 19.4 Å². The Morgan fingerprint density at radius 2 is 2.14 bits per heavy atom. The van der Waals surface area contributed by atoms with Gasteiger partial charge in [0.25, 0.3) is 0 Å². The van der Waals surface area contributed by atoms with Gasteiger partial charge in [-0.1, -0.05) is 0 Å². The molecule has 21 heavy (non-hydrogen) atoms. The number of benzene rings is 1.